The van der Waals surface area contributed by atoms with E-state index in [0.29, 0.717) is 6.54 Å². The predicted molar refractivity (Wildman–Crippen MR) is 72.3 cm³/mol. The molecule has 1 N–H and O–H groups in total. The lowest BCUT2D eigenvalue weighted by Gasteiger charge is -2.11. The lowest BCUT2D eigenvalue weighted by atomic mass is 10.2. The van der Waals surface area contributed by atoms with Gasteiger partial charge in [0.1, 0.15) is 5.82 Å². The fraction of sp³-hybridized carbons (Fsp3) is 0.286. The molecule has 1 aromatic carbocycles. The highest BCUT2D eigenvalue weighted by atomic mass is 35.5. The molecule has 2 nitrogen and oxygen atoms in total. The zero-order chi connectivity index (χ0) is 13.0. The van der Waals surface area contributed by atoms with Crippen molar-refractivity contribution >= 4 is 11.6 Å². The monoisotopic (exact) mass is 266 g/mol. The molecule has 0 saturated carbocycles. The van der Waals surface area contributed by atoms with Crippen molar-refractivity contribution in [3.63, 3.8) is 0 Å². The molecule has 0 unspecified atom stereocenters. The fourth-order valence-corrected chi connectivity index (χ4v) is 2.06. The van der Waals surface area contributed by atoms with Crippen LogP contribution in [0, 0.1) is 5.82 Å². The Labute approximate surface area is 111 Å². The molecule has 18 heavy (non-hydrogen) atoms. The number of rotatable bonds is 5. The molecule has 96 valence electrons. The van der Waals surface area contributed by atoms with E-state index in [-0.39, 0.29) is 10.8 Å². The highest BCUT2D eigenvalue weighted by Crippen LogP contribution is 2.21. The van der Waals surface area contributed by atoms with Crippen molar-refractivity contribution in [2.24, 2.45) is 0 Å². The smallest absolute Gasteiger partial charge is 0.142 e. The van der Waals surface area contributed by atoms with E-state index >= 15 is 0 Å². The van der Waals surface area contributed by atoms with Gasteiger partial charge in [-0.2, -0.15) is 0 Å². The van der Waals surface area contributed by atoms with Crippen LogP contribution in [0.1, 0.15) is 18.2 Å². The lowest BCUT2D eigenvalue weighted by molar-refractivity contribution is 0.620. The molecule has 0 aliphatic carbocycles. The van der Waals surface area contributed by atoms with Gasteiger partial charge < -0.3 is 9.88 Å². The number of halogens is 2. The summed E-state index contributed by atoms with van der Waals surface area (Å²) in [6, 6.07) is 8.95. The second-order valence-corrected chi connectivity index (χ2v) is 4.50. The van der Waals surface area contributed by atoms with E-state index in [9.17, 15) is 4.39 Å². The van der Waals surface area contributed by atoms with E-state index in [0.717, 1.165) is 24.3 Å². The molecule has 1 heterocycles. The molecule has 1 aromatic heterocycles. The minimum absolute atomic E-state index is 0.209. The fourth-order valence-electron chi connectivity index (χ4n) is 1.87. The standard InChI is InChI=1S/C14H16ClFN2/c1-2-17-9-12-6-4-8-18(12)10-11-5-3-7-13(16)14(11)15/h3-8,17H,2,9-10H2,1H3. The average molecular weight is 267 g/mol. The highest BCUT2D eigenvalue weighted by molar-refractivity contribution is 6.31. The van der Waals surface area contributed by atoms with Crippen LogP contribution in [-0.4, -0.2) is 11.1 Å². The van der Waals surface area contributed by atoms with E-state index in [4.69, 9.17) is 11.6 Å². The van der Waals surface area contributed by atoms with Gasteiger partial charge in [0.2, 0.25) is 0 Å². The van der Waals surface area contributed by atoms with Crippen LogP contribution in [0.25, 0.3) is 0 Å². The van der Waals surface area contributed by atoms with Gasteiger partial charge >= 0.3 is 0 Å². The first-order valence-electron chi connectivity index (χ1n) is 6.00. The topological polar surface area (TPSA) is 17.0 Å². The van der Waals surface area contributed by atoms with Gasteiger partial charge in [-0.1, -0.05) is 30.7 Å². The molecule has 4 heteroatoms. The second-order valence-electron chi connectivity index (χ2n) is 4.12. The maximum atomic E-state index is 13.4. The quantitative estimate of drug-likeness (QED) is 0.877. The molecular formula is C14H16ClFN2. The average Bonchev–Trinajstić information content (AvgIpc) is 2.80. The van der Waals surface area contributed by atoms with Crippen molar-refractivity contribution in [3.8, 4) is 0 Å². The summed E-state index contributed by atoms with van der Waals surface area (Å²) < 4.78 is 15.4. The normalized spacial score (nSPS) is 10.8. The Morgan fingerprint density at radius 2 is 2.11 bits per heavy atom. The summed E-state index contributed by atoms with van der Waals surface area (Å²) >= 11 is 5.96. The van der Waals surface area contributed by atoms with E-state index in [2.05, 4.69) is 22.9 Å². The summed E-state index contributed by atoms with van der Waals surface area (Å²) in [6.45, 7) is 4.38. The van der Waals surface area contributed by atoms with E-state index in [1.165, 1.54) is 6.07 Å². The predicted octanol–water partition coefficient (Wildman–Crippen LogP) is 3.44. The largest absolute Gasteiger partial charge is 0.346 e. The Kier molecular flexibility index (Phi) is 4.39. The van der Waals surface area contributed by atoms with E-state index < -0.39 is 0 Å². The van der Waals surface area contributed by atoms with Gasteiger partial charge in [-0.15, -0.1) is 0 Å². The number of nitrogens with zero attached hydrogens (tertiary/aromatic N) is 1. The van der Waals surface area contributed by atoms with Gasteiger partial charge in [0.15, 0.2) is 0 Å². The molecular weight excluding hydrogens is 251 g/mol. The second kappa shape index (κ2) is 6.03. The van der Waals surface area contributed by atoms with Crippen LogP contribution in [-0.2, 0) is 13.1 Å². The summed E-state index contributed by atoms with van der Waals surface area (Å²) in [5.41, 5.74) is 1.96. The first-order valence-corrected chi connectivity index (χ1v) is 6.37. The molecule has 0 fully saturated rings. The van der Waals surface area contributed by atoms with Gasteiger partial charge in [0.05, 0.1) is 5.02 Å². The minimum atomic E-state index is -0.366. The summed E-state index contributed by atoms with van der Waals surface area (Å²) in [5, 5.41) is 3.48. The van der Waals surface area contributed by atoms with Gasteiger partial charge in [-0.3, -0.25) is 0 Å². The minimum Gasteiger partial charge on any atom is -0.346 e. The summed E-state index contributed by atoms with van der Waals surface area (Å²) in [5.74, 6) is -0.366. The van der Waals surface area contributed by atoms with Crippen LogP contribution in [0.4, 0.5) is 4.39 Å². The number of aromatic nitrogens is 1. The van der Waals surface area contributed by atoms with Gasteiger partial charge in [0.25, 0.3) is 0 Å². The summed E-state index contributed by atoms with van der Waals surface area (Å²) in [6.07, 6.45) is 1.98. The van der Waals surface area contributed by atoms with Crippen molar-refractivity contribution in [2.45, 2.75) is 20.0 Å². The van der Waals surface area contributed by atoms with Crippen molar-refractivity contribution < 1.29 is 4.39 Å². The zero-order valence-corrected chi connectivity index (χ0v) is 11.0. The molecule has 2 aromatic rings. The van der Waals surface area contributed by atoms with Crippen molar-refractivity contribution in [2.75, 3.05) is 6.54 Å². The van der Waals surface area contributed by atoms with Gasteiger partial charge in [0, 0.05) is 25.0 Å². The third-order valence-corrected chi connectivity index (χ3v) is 3.28. The number of benzene rings is 1. The van der Waals surface area contributed by atoms with Crippen LogP contribution in [0.2, 0.25) is 5.02 Å². The van der Waals surface area contributed by atoms with Crippen molar-refractivity contribution in [1.29, 1.82) is 0 Å². The molecule has 0 atom stereocenters. The highest BCUT2D eigenvalue weighted by Gasteiger charge is 2.07. The van der Waals surface area contributed by atoms with Crippen LogP contribution in [0.15, 0.2) is 36.5 Å². The molecule has 0 aliphatic rings. The van der Waals surface area contributed by atoms with Crippen LogP contribution < -0.4 is 5.32 Å². The third kappa shape index (κ3) is 2.92. The Morgan fingerprint density at radius 3 is 2.89 bits per heavy atom. The third-order valence-electron chi connectivity index (χ3n) is 2.85. The van der Waals surface area contributed by atoms with Crippen LogP contribution in [0.3, 0.4) is 0 Å². The Hall–Kier alpha value is -1.32. The Balaban J connectivity index is 2.18. The van der Waals surface area contributed by atoms with Gasteiger partial charge in [-0.25, -0.2) is 4.39 Å². The molecule has 0 aliphatic heterocycles. The molecule has 0 radical (unpaired) electrons. The Morgan fingerprint density at radius 1 is 1.28 bits per heavy atom. The van der Waals surface area contributed by atoms with E-state index in [1.807, 2.05) is 18.3 Å². The summed E-state index contributed by atoms with van der Waals surface area (Å²) in [7, 11) is 0. The zero-order valence-electron chi connectivity index (χ0n) is 10.3. The molecule has 0 saturated heterocycles. The molecule has 0 amide bonds. The van der Waals surface area contributed by atoms with Crippen LogP contribution >= 0.6 is 11.6 Å². The number of hydrogen-bond acceptors (Lipinski definition) is 1. The summed E-state index contributed by atoms with van der Waals surface area (Å²) in [4.78, 5) is 0. The first-order chi connectivity index (χ1) is 8.72. The number of hydrogen-bond donors (Lipinski definition) is 1. The lowest BCUT2D eigenvalue weighted by Crippen LogP contribution is -2.15. The number of nitrogens with one attached hydrogen (secondary N) is 1. The first kappa shape index (κ1) is 13.1. The molecule has 2 rings (SSSR count). The SMILES string of the molecule is CCNCc1cccn1Cc1cccc(F)c1Cl. The Bertz CT molecular complexity index is 522. The van der Waals surface area contributed by atoms with E-state index in [1.54, 1.807) is 6.07 Å². The molecule has 0 spiro atoms. The van der Waals surface area contributed by atoms with Crippen LogP contribution in [0.5, 0.6) is 0 Å². The maximum absolute atomic E-state index is 13.4. The van der Waals surface area contributed by atoms with Crippen molar-refractivity contribution in [3.05, 3.63) is 58.6 Å². The van der Waals surface area contributed by atoms with Gasteiger partial charge in [-0.05, 0) is 30.3 Å². The maximum Gasteiger partial charge on any atom is 0.142 e. The van der Waals surface area contributed by atoms with Crippen molar-refractivity contribution in [1.82, 2.24) is 9.88 Å². The molecule has 0 bridgehead atoms.